The third kappa shape index (κ3) is 1.18. The maximum Gasteiger partial charge on any atom is 0.124 e. The van der Waals surface area contributed by atoms with Crippen molar-refractivity contribution in [2.45, 2.75) is 13.0 Å². The van der Waals surface area contributed by atoms with Crippen molar-refractivity contribution in [3.8, 4) is 5.75 Å². The third-order valence-corrected chi connectivity index (χ3v) is 2.21. The number of hydrogen-bond acceptors (Lipinski definition) is 2. The van der Waals surface area contributed by atoms with Crippen LogP contribution in [0, 0.1) is 0 Å². The molecule has 0 N–H and O–H groups in total. The fraction of sp³-hybridized carbons (Fsp3) is 0.400. The summed E-state index contributed by atoms with van der Waals surface area (Å²) in [6.45, 7) is 1.53. The fourth-order valence-electron chi connectivity index (χ4n) is 1.56. The van der Waals surface area contributed by atoms with Gasteiger partial charge >= 0.3 is 0 Å². The first kappa shape index (κ1) is 7.62. The summed E-state index contributed by atoms with van der Waals surface area (Å²) >= 11 is 0. The van der Waals surface area contributed by atoms with Crippen LogP contribution in [0.1, 0.15) is 11.1 Å². The first-order chi connectivity index (χ1) is 5.92. The van der Waals surface area contributed by atoms with Gasteiger partial charge in [-0.1, -0.05) is 12.1 Å². The molecule has 1 aliphatic rings. The van der Waals surface area contributed by atoms with Gasteiger partial charge < -0.3 is 9.47 Å². The molecule has 2 rings (SSSR count). The van der Waals surface area contributed by atoms with Gasteiger partial charge in [0, 0.05) is 5.56 Å². The van der Waals surface area contributed by atoms with Crippen molar-refractivity contribution < 1.29 is 9.47 Å². The van der Waals surface area contributed by atoms with Crippen LogP contribution in [0.4, 0.5) is 0 Å². The first-order valence-corrected chi connectivity index (χ1v) is 4.14. The Balaban J connectivity index is 2.44. The summed E-state index contributed by atoms with van der Waals surface area (Å²) in [4.78, 5) is 0. The average molecular weight is 164 g/mol. The molecule has 0 aliphatic carbocycles. The number of rotatable bonds is 1. The van der Waals surface area contributed by atoms with Crippen LogP contribution in [0.3, 0.4) is 0 Å². The van der Waals surface area contributed by atoms with E-state index < -0.39 is 0 Å². The van der Waals surface area contributed by atoms with Crippen LogP contribution in [0.25, 0.3) is 0 Å². The Morgan fingerprint density at radius 3 is 3.17 bits per heavy atom. The van der Waals surface area contributed by atoms with E-state index in [1.165, 1.54) is 11.1 Å². The summed E-state index contributed by atoms with van der Waals surface area (Å²) in [6, 6.07) is 6.15. The van der Waals surface area contributed by atoms with E-state index in [4.69, 9.17) is 9.47 Å². The summed E-state index contributed by atoms with van der Waals surface area (Å²) in [5, 5.41) is 0. The first-order valence-electron chi connectivity index (χ1n) is 4.14. The van der Waals surface area contributed by atoms with Gasteiger partial charge in [-0.2, -0.15) is 0 Å². The minimum atomic E-state index is 0.694. The zero-order valence-electron chi connectivity index (χ0n) is 7.17. The predicted octanol–water partition coefficient (Wildman–Crippen LogP) is 1.77. The molecule has 0 amide bonds. The zero-order chi connectivity index (χ0) is 8.39. The van der Waals surface area contributed by atoms with Crippen LogP contribution in [0.15, 0.2) is 18.2 Å². The topological polar surface area (TPSA) is 18.5 Å². The molecular weight excluding hydrogens is 152 g/mol. The highest BCUT2D eigenvalue weighted by atomic mass is 16.5. The number of fused-ring (bicyclic) bond motifs is 1. The highest BCUT2D eigenvalue weighted by Gasteiger charge is 2.12. The second-order valence-electron chi connectivity index (χ2n) is 2.90. The molecule has 0 spiro atoms. The maximum absolute atomic E-state index is 5.36. The second-order valence-corrected chi connectivity index (χ2v) is 2.90. The molecule has 0 saturated heterocycles. The normalized spacial score (nSPS) is 15.4. The molecule has 1 heterocycles. The van der Waals surface area contributed by atoms with E-state index in [0.29, 0.717) is 6.61 Å². The number of methoxy groups -OCH3 is 1. The van der Waals surface area contributed by atoms with Crippen molar-refractivity contribution in [3.05, 3.63) is 29.3 Å². The Hall–Kier alpha value is -1.02. The minimum absolute atomic E-state index is 0.694. The van der Waals surface area contributed by atoms with Gasteiger partial charge in [-0.25, -0.2) is 0 Å². The molecule has 1 aromatic rings. The average Bonchev–Trinajstić information content (AvgIpc) is 2.17. The molecule has 1 aliphatic heterocycles. The predicted molar refractivity (Wildman–Crippen MR) is 46.4 cm³/mol. The Morgan fingerprint density at radius 2 is 2.33 bits per heavy atom. The van der Waals surface area contributed by atoms with Gasteiger partial charge in [-0.3, -0.25) is 0 Å². The molecule has 0 radical (unpaired) electrons. The van der Waals surface area contributed by atoms with Crippen molar-refractivity contribution in [2.24, 2.45) is 0 Å². The van der Waals surface area contributed by atoms with E-state index in [-0.39, 0.29) is 0 Å². The highest BCUT2D eigenvalue weighted by Crippen LogP contribution is 2.26. The van der Waals surface area contributed by atoms with Gasteiger partial charge in [0.2, 0.25) is 0 Å². The van der Waals surface area contributed by atoms with Crippen molar-refractivity contribution >= 4 is 0 Å². The number of ether oxygens (including phenoxy) is 2. The van der Waals surface area contributed by atoms with Gasteiger partial charge in [0.25, 0.3) is 0 Å². The Morgan fingerprint density at radius 1 is 1.42 bits per heavy atom. The van der Waals surface area contributed by atoms with E-state index in [1.807, 2.05) is 12.1 Å². The van der Waals surface area contributed by atoms with Gasteiger partial charge in [0.1, 0.15) is 5.75 Å². The van der Waals surface area contributed by atoms with Crippen LogP contribution in [-0.2, 0) is 17.8 Å². The van der Waals surface area contributed by atoms with E-state index >= 15 is 0 Å². The smallest absolute Gasteiger partial charge is 0.124 e. The minimum Gasteiger partial charge on any atom is -0.496 e. The molecule has 0 atom stereocenters. The standard InChI is InChI=1S/C10H12O2/c1-11-10-4-2-3-8-5-6-12-7-9(8)10/h2-4H,5-7H2,1H3. The molecule has 2 nitrogen and oxygen atoms in total. The summed E-state index contributed by atoms with van der Waals surface area (Å²) in [7, 11) is 1.70. The van der Waals surface area contributed by atoms with E-state index in [0.717, 1.165) is 18.8 Å². The fourth-order valence-corrected chi connectivity index (χ4v) is 1.56. The third-order valence-electron chi connectivity index (χ3n) is 2.21. The van der Waals surface area contributed by atoms with Crippen LogP contribution < -0.4 is 4.74 Å². The molecule has 0 fully saturated rings. The van der Waals surface area contributed by atoms with Crippen molar-refractivity contribution in [3.63, 3.8) is 0 Å². The maximum atomic E-state index is 5.36. The van der Waals surface area contributed by atoms with Crippen molar-refractivity contribution in [1.29, 1.82) is 0 Å². The summed E-state index contributed by atoms with van der Waals surface area (Å²) < 4.78 is 10.6. The number of benzene rings is 1. The van der Waals surface area contributed by atoms with Crippen LogP contribution in [0.2, 0.25) is 0 Å². The number of hydrogen-bond donors (Lipinski definition) is 0. The zero-order valence-corrected chi connectivity index (χ0v) is 7.17. The summed E-state index contributed by atoms with van der Waals surface area (Å²) in [6.07, 6.45) is 1.01. The summed E-state index contributed by atoms with van der Waals surface area (Å²) in [5.41, 5.74) is 2.58. The largest absolute Gasteiger partial charge is 0.496 e. The van der Waals surface area contributed by atoms with Crippen LogP contribution in [-0.4, -0.2) is 13.7 Å². The van der Waals surface area contributed by atoms with Gasteiger partial charge in [0.05, 0.1) is 20.3 Å². The molecule has 64 valence electrons. The quantitative estimate of drug-likeness (QED) is 0.629. The summed E-state index contributed by atoms with van der Waals surface area (Å²) in [5.74, 6) is 0.951. The lowest BCUT2D eigenvalue weighted by Crippen LogP contribution is -2.10. The van der Waals surface area contributed by atoms with Gasteiger partial charge in [-0.15, -0.1) is 0 Å². The van der Waals surface area contributed by atoms with Gasteiger partial charge in [-0.05, 0) is 18.1 Å². The second kappa shape index (κ2) is 3.15. The monoisotopic (exact) mass is 164 g/mol. The Bertz CT molecular complexity index is 267. The molecule has 1 aromatic carbocycles. The Labute approximate surface area is 72.1 Å². The van der Waals surface area contributed by atoms with Crippen LogP contribution >= 0.6 is 0 Å². The molecule has 0 bridgehead atoms. The Kier molecular flexibility index (Phi) is 2.00. The SMILES string of the molecule is COc1cccc2c1COCC2. The lowest BCUT2D eigenvalue weighted by atomic mass is 10.0. The molecule has 12 heavy (non-hydrogen) atoms. The molecule has 0 unspecified atom stereocenters. The van der Waals surface area contributed by atoms with Crippen molar-refractivity contribution in [2.75, 3.05) is 13.7 Å². The highest BCUT2D eigenvalue weighted by molar-refractivity contribution is 5.40. The molecule has 2 heteroatoms. The lowest BCUT2D eigenvalue weighted by Gasteiger charge is -2.18. The molecule has 0 saturated carbocycles. The van der Waals surface area contributed by atoms with Crippen molar-refractivity contribution in [1.82, 2.24) is 0 Å². The lowest BCUT2D eigenvalue weighted by molar-refractivity contribution is 0.108. The molecule has 0 aromatic heterocycles. The van der Waals surface area contributed by atoms with Crippen LogP contribution in [0.5, 0.6) is 5.75 Å². The van der Waals surface area contributed by atoms with Gasteiger partial charge in [0.15, 0.2) is 0 Å². The van der Waals surface area contributed by atoms with E-state index in [9.17, 15) is 0 Å². The van der Waals surface area contributed by atoms with E-state index in [2.05, 4.69) is 6.07 Å². The van der Waals surface area contributed by atoms with E-state index in [1.54, 1.807) is 7.11 Å². The molecular formula is C10H12O2.